The summed E-state index contributed by atoms with van der Waals surface area (Å²) in [4.78, 5) is 70.7. The molecule has 3 fully saturated rings. The molecule has 0 unspecified atom stereocenters. The van der Waals surface area contributed by atoms with Gasteiger partial charge in [-0.1, -0.05) is 41.4 Å². The van der Waals surface area contributed by atoms with Gasteiger partial charge in [0.15, 0.2) is 5.65 Å². The fourth-order valence-electron chi connectivity index (χ4n) is 8.55. The fraction of sp³-hybridized carbons (Fsp3) is 0.341. The Balaban J connectivity index is 0.739. The highest BCUT2D eigenvalue weighted by molar-refractivity contribution is 6.37. The van der Waals surface area contributed by atoms with E-state index in [4.69, 9.17) is 37.7 Å². The molecule has 3 saturated heterocycles. The van der Waals surface area contributed by atoms with Crippen LogP contribution in [0.2, 0.25) is 10.0 Å². The molecule has 0 bridgehead atoms. The van der Waals surface area contributed by atoms with Crippen LogP contribution < -0.4 is 25.8 Å². The van der Waals surface area contributed by atoms with Crippen molar-refractivity contribution in [2.75, 3.05) is 63.2 Å². The molecule has 6 heterocycles. The molecule has 3 aromatic carbocycles. The fourth-order valence-corrected chi connectivity index (χ4v) is 9.12. The predicted molar refractivity (Wildman–Crippen MR) is 235 cm³/mol. The van der Waals surface area contributed by atoms with E-state index < -0.39 is 6.03 Å². The number of halogens is 2. The van der Waals surface area contributed by atoms with Crippen LogP contribution in [0.4, 0.5) is 22.1 Å². The second kappa shape index (κ2) is 17.7. The summed E-state index contributed by atoms with van der Waals surface area (Å²) in [5.74, 6) is 1.14. The Kier molecular flexibility index (Phi) is 11.8. The molecule has 0 radical (unpaired) electrons. The summed E-state index contributed by atoms with van der Waals surface area (Å²) in [6, 6.07) is 17.9. The molecule has 4 amide bonds. The average Bonchev–Trinajstić information content (AvgIpc) is 3.78. The van der Waals surface area contributed by atoms with E-state index in [1.807, 2.05) is 17.0 Å². The number of methoxy groups -OCH3 is 1. The number of imide groups is 1. The molecular formula is C44H44Cl2N10O6. The third kappa shape index (κ3) is 8.30. The summed E-state index contributed by atoms with van der Waals surface area (Å²) >= 11 is 13.0. The Hall–Kier alpha value is -6.07. The number of imidazole rings is 1. The predicted octanol–water partition coefficient (Wildman–Crippen LogP) is 6.43. The lowest BCUT2D eigenvalue weighted by Crippen LogP contribution is -2.49. The van der Waals surface area contributed by atoms with Crippen LogP contribution in [0.1, 0.15) is 53.9 Å². The van der Waals surface area contributed by atoms with E-state index in [1.165, 1.54) is 28.3 Å². The number of likely N-dealkylation sites (tertiary alicyclic amines) is 2. The summed E-state index contributed by atoms with van der Waals surface area (Å²) in [6.07, 6.45) is 8.68. The Morgan fingerprint density at radius 1 is 0.919 bits per heavy atom. The van der Waals surface area contributed by atoms with Gasteiger partial charge in [-0.15, -0.1) is 0 Å². The number of piperidine rings is 2. The van der Waals surface area contributed by atoms with Crippen molar-refractivity contribution in [3.63, 3.8) is 0 Å². The number of nitrogens with one attached hydrogen (secondary N) is 2. The van der Waals surface area contributed by atoms with E-state index in [2.05, 4.69) is 37.6 Å². The Morgan fingerprint density at radius 3 is 2.40 bits per heavy atom. The zero-order valence-electron chi connectivity index (χ0n) is 33.9. The first-order valence-electron chi connectivity index (χ1n) is 20.6. The molecule has 16 nitrogen and oxygen atoms in total. The lowest BCUT2D eigenvalue weighted by molar-refractivity contribution is -0.120. The molecule has 2 N–H and O–H groups in total. The number of nitrogens with zero attached hydrogens (tertiary/aromatic N) is 8. The van der Waals surface area contributed by atoms with Crippen LogP contribution in [-0.2, 0) is 9.53 Å². The molecule has 0 spiro atoms. The topological polar surface area (TPSA) is 169 Å². The Morgan fingerprint density at radius 2 is 1.68 bits per heavy atom. The van der Waals surface area contributed by atoms with Crippen molar-refractivity contribution in [2.45, 2.75) is 44.1 Å². The summed E-state index contributed by atoms with van der Waals surface area (Å²) in [5, 5.41) is 6.54. The van der Waals surface area contributed by atoms with E-state index in [1.54, 1.807) is 53.2 Å². The number of fused-ring (bicyclic) bond motifs is 3. The quantitative estimate of drug-likeness (QED) is 0.147. The largest absolute Gasteiger partial charge is 0.495 e. The minimum Gasteiger partial charge on any atom is -0.495 e. The molecule has 320 valence electrons. The van der Waals surface area contributed by atoms with Crippen LogP contribution in [0.25, 0.3) is 22.5 Å². The molecule has 3 aliphatic heterocycles. The minimum absolute atomic E-state index is 0.0894. The summed E-state index contributed by atoms with van der Waals surface area (Å²) < 4.78 is 14.9. The lowest BCUT2D eigenvalue weighted by Gasteiger charge is -2.34. The summed E-state index contributed by atoms with van der Waals surface area (Å²) in [7, 11) is 1.51. The van der Waals surface area contributed by atoms with Gasteiger partial charge in [0.2, 0.25) is 17.6 Å². The standard InChI is InChI=1S/C44H44Cl2N10O6/c1-61-36-10-7-29(25-35(36)54-21-15-37(57)50-44(54)60)40(58)53-19-13-31(14-20-53)62-24-23-52-17-11-28(12-18-52)27-5-8-30(9-6-27)49-42-48-26-32-39(51-42)55-22-16-47-43(55)56(41(32)59)38-33(45)3-2-4-34(38)46/h2-10,16,22,25-26,28,31H,11-15,17-21,23-24H2,1H3,(H,48,49,51)(H,50,57,60). The van der Waals surface area contributed by atoms with Crippen LogP contribution in [0.15, 0.2) is 84.0 Å². The number of urea groups is 1. The summed E-state index contributed by atoms with van der Waals surface area (Å²) in [5.41, 5.74) is 3.40. The molecule has 0 saturated carbocycles. The number of para-hydroxylation sites is 1. The van der Waals surface area contributed by atoms with Gasteiger partial charge in [0.1, 0.15) is 11.1 Å². The van der Waals surface area contributed by atoms with E-state index in [9.17, 15) is 19.2 Å². The van der Waals surface area contributed by atoms with Gasteiger partial charge in [-0.2, -0.15) is 4.98 Å². The number of aromatic nitrogens is 5. The monoisotopic (exact) mass is 878 g/mol. The van der Waals surface area contributed by atoms with Crippen LogP contribution in [0.5, 0.6) is 5.75 Å². The molecule has 62 heavy (non-hydrogen) atoms. The number of rotatable bonds is 11. The van der Waals surface area contributed by atoms with Gasteiger partial charge < -0.3 is 24.6 Å². The zero-order chi connectivity index (χ0) is 42.9. The Bertz CT molecular complexity index is 2710. The van der Waals surface area contributed by atoms with Gasteiger partial charge in [0, 0.05) is 62.4 Å². The van der Waals surface area contributed by atoms with Crippen LogP contribution in [0.3, 0.4) is 0 Å². The molecule has 0 atom stereocenters. The van der Waals surface area contributed by atoms with E-state index in [0.717, 1.165) is 51.0 Å². The molecule has 3 aromatic heterocycles. The lowest BCUT2D eigenvalue weighted by atomic mass is 9.89. The smallest absolute Gasteiger partial charge is 0.328 e. The molecule has 0 aliphatic carbocycles. The van der Waals surface area contributed by atoms with Crippen molar-refractivity contribution in [1.82, 2.24) is 39.0 Å². The second-order valence-corrected chi connectivity index (χ2v) is 16.4. The maximum absolute atomic E-state index is 13.7. The van der Waals surface area contributed by atoms with Gasteiger partial charge in [0.05, 0.1) is 41.2 Å². The van der Waals surface area contributed by atoms with Gasteiger partial charge in [-0.05, 0) is 92.7 Å². The molecule has 9 rings (SSSR count). The number of anilines is 3. The van der Waals surface area contributed by atoms with Gasteiger partial charge in [0.25, 0.3) is 11.5 Å². The number of benzene rings is 3. The number of hydrogen-bond donors (Lipinski definition) is 2. The van der Waals surface area contributed by atoms with Crippen LogP contribution in [0, 0.1) is 0 Å². The second-order valence-electron chi connectivity index (χ2n) is 15.6. The third-order valence-corrected chi connectivity index (χ3v) is 12.5. The maximum Gasteiger partial charge on any atom is 0.328 e. The number of hydrogen-bond acceptors (Lipinski definition) is 11. The molecule has 6 aromatic rings. The number of amides is 4. The first-order valence-corrected chi connectivity index (χ1v) is 21.4. The van der Waals surface area contributed by atoms with Crippen molar-refractivity contribution in [2.24, 2.45) is 0 Å². The van der Waals surface area contributed by atoms with Crippen molar-refractivity contribution in [3.8, 4) is 11.4 Å². The number of carbonyl (C=O) groups excluding carboxylic acids is 3. The van der Waals surface area contributed by atoms with E-state index >= 15 is 0 Å². The number of ether oxygens (including phenoxy) is 2. The SMILES string of the molecule is COc1ccc(C(=O)N2CCC(OCCN3CCC(c4ccc(Nc5ncc6c(=O)n(-c7c(Cl)cccc7Cl)c7nccn7c6n5)cc4)CC3)CC2)cc1N1CCC(=O)NC1=O. The zero-order valence-corrected chi connectivity index (χ0v) is 35.4. The van der Waals surface area contributed by atoms with Crippen LogP contribution >= 0.6 is 23.2 Å². The van der Waals surface area contributed by atoms with E-state index in [-0.39, 0.29) is 41.8 Å². The van der Waals surface area contributed by atoms with Gasteiger partial charge in [-0.25, -0.2) is 19.3 Å². The molecule has 3 aliphatic rings. The Labute approximate surface area is 366 Å². The van der Waals surface area contributed by atoms with E-state index in [0.29, 0.717) is 75.7 Å². The molecule has 18 heteroatoms. The van der Waals surface area contributed by atoms with Gasteiger partial charge in [-0.3, -0.25) is 29.0 Å². The maximum atomic E-state index is 13.7. The van der Waals surface area contributed by atoms with Crippen molar-refractivity contribution >= 4 is 75.2 Å². The first-order chi connectivity index (χ1) is 30.1. The highest BCUT2D eigenvalue weighted by Crippen LogP contribution is 2.33. The van der Waals surface area contributed by atoms with Crippen molar-refractivity contribution < 1.29 is 23.9 Å². The highest BCUT2D eigenvalue weighted by atomic mass is 35.5. The average molecular weight is 880 g/mol. The third-order valence-electron chi connectivity index (χ3n) is 11.9. The first kappa shape index (κ1) is 41.3. The molecular weight excluding hydrogens is 835 g/mol. The van der Waals surface area contributed by atoms with Crippen LogP contribution in [-0.4, -0.2) is 111 Å². The van der Waals surface area contributed by atoms with Crippen molar-refractivity contribution in [3.05, 3.63) is 111 Å². The van der Waals surface area contributed by atoms with Crippen molar-refractivity contribution in [1.29, 1.82) is 0 Å². The highest BCUT2D eigenvalue weighted by Gasteiger charge is 2.30. The number of carbonyl (C=O) groups is 3. The minimum atomic E-state index is -0.529. The van der Waals surface area contributed by atoms with Gasteiger partial charge >= 0.3 is 6.03 Å². The summed E-state index contributed by atoms with van der Waals surface area (Å²) in [6.45, 7) is 4.84. The normalized spacial score (nSPS) is 16.9.